The van der Waals surface area contributed by atoms with Gasteiger partial charge in [0.2, 0.25) is 10.0 Å². The molecule has 0 radical (unpaired) electrons. The maximum atomic E-state index is 11.2. The van der Waals surface area contributed by atoms with Gasteiger partial charge in [0.25, 0.3) is 0 Å². The van der Waals surface area contributed by atoms with Gasteiger partial charge in [-0.05, 0) is 67.7 Å². The van der Waals surface area contributed by atoms with Crippen molar-refractivity contribution < 1.29 is 13.5 Å². The van der Waals surface area contributed by atoms with Gasteiger partial charge in [0.15, 0.2) is 0 Å². The van der Waals surface area contributed by atoms with E-state index in [2.05, 4.69) is 16.5 Å². The minimum atomic E-state index is -3.13. The molecule has 6 heteroatoms. The number of sulfonamides is 1. The molecule has 1 fully saturated rings. The quantitative estimate of drug-likeness (QED) is 0.799. The number of benzene rings is 1. The Labute approximate surface area is 145 Å². The number of fused-ring (bicyclic) bond motifs is 1. The van der Waals surface area contributed by atoms with E-state index in [-0.39, 0.29) is 0 Å². The third-order valence-corrected chi connectivity index (χ3v) is 6.44. The second-order valence-corrected chi connectivity index (χ2v) is 9.46. The van der Waals surface area contributed by atoms with Gasteiger partial charge in [0.1, 0.15) is 5.75 Å². The first-order chi connectivity index (χ1) is 11.2. The van der Waals surface area contributed by atoms with E-state index in [4.69, 9.17) is 0 Å². The first-order valence-electron chi connectivity index (χ1n) is 8.72. The van der Waals surface area contributed by atoms with E-state index in [1.807, 2.05) is 13.0 Å². The molecule has 1 spiro atoms. The average Bonchev–Trinajstić information content (AvgIpc) is 2.46. The van der Waals surface area contributed by atoms with Gasteiger partial charge in [-0.25, -0.2) is 13.1 Å². The predicted molar refractivity (Wildman–Crippen MR) is 97.2 cm³/mol. The van der Waals surface area contributed by atoms with E-state index in [1.165, 1.54) is 36.8 Å². The van der Waals surface area contributed by atoms with E-state index in [1.54, 1.807) is 0 Å². The van der Waals surface area contributed by atoms with Gasteiger partial charge in [-0.3, -0.25) is 0 Å². The van der Waals surface area contributed by atoms with E-state index in [0.717, 1.165) is 37.1 Å². The summed E-state index contributed by atoms with van der Waals surface area (Å²) in [5.41, 5.74) is 4.94. The molecule has 1 aliphatic heterocycles. The van der Waals surface area contributed by atoms with Crippen LogP contribution in [0.4, 0.5) is 5.69 Å². The van der Waals surface area contributed by atoms with Crippen molar-refractivity contribution in [2.24, 2.45) is 5.41 Å². The van der Waals surface area contributed by atoms with Gasteiger partial charge in [0, 0.05) is 25.3 Å². The maximum absolute atomic E-state index is 11.2. The van der Waals surface area contributed by atoms with Crippen LogP contribution in [-0.4, -0.2) is 39.4 Å². The molecule has 0 amide bonds. The van der Waals surface area contributed by atoms with Crippen molar-refractivity contribution in [2.75, 3.05) is 30.8 Å². The van der Waals surface area contributed by atoms with Crippen molar-refractivity contribution in [3.05, 3.63) is 22.8 Å². The molecule has 0 unspecified atom stereocenters. The van der Waals surface area contributed by atoms with E-state index in [9.17, 15) is 13.5 Å². The Morgan fingerprint density at radius 2 is 2.00 bits per heavy atom. The van der Waals surface area contributed by atoms with Crippen molar-refractivity contribution in [1.82, 2.24) is 4.72 Å². The van der Waals surface area contributed by atoms with Crippen molar-refractivity contribution >= 4 is 15.7 Å². The van der Waals surface area contributed by atoms with E-state index in [0.29, 0.717) is 17.7 Å². The number of nitrogens with zero attached hydrogens (tertiary/aromatic N) is 1. The number of phenolic OH excluding ortho intramolecular Hbond substituents is 1. The van der Waals surface area contributed by atoms with Gasteiger partial charge in [0.05, 0.1) is 6.26 Å². The first kappa shape index (κ1) is 17.5. The molecule has 2 aliphatic rings. The lowest BCUT2D eigenvalue weighted by atomic mass is 9.63. The molecule has 0 aromatic heterocycles. The summed E-state index contributed by atoms with van der Waals surface area (Å²) in [4.78, 5) is 2.42. The summed E-state index contributed by atoms with van der Waals surface area (Å²) in [6.45, 7) is 6.39. The second-order valence-electron chi connectivity index (χ2n) is 7.63. The molecule has 3 rings (SSSR count). The van der Waals surface area contributed by atoms with E-state index >= 15 is 0 Å². The number of hydrogen-bond donors (Lipinski definition) is 2. The molecule has 1 aliphatic carbocycles. The van der Waals surface area contributed by atoms with Gasteiger partial charge in [-0.15, -0.1) is 0 Å². The van der Waals surface area contributed by atoms with Crippen molar-refractivity contribution in [1.29, 1.82) is 0 Å². The van der Waals surface area contributed by atoms with Crippen LogP contribution in [0.3, 0.4) is 0 Å². The summed E-state index contributed by atoms with van der Waals surface area (Å²) in [6.07, 6.45) is 6.81. The number of anilines is 1. The molecule has 134 valence electrons. The van der Waals surface area contributed by atoms with Gasteiger partial charge in [-0.2, -0.15) is 0 Å². The molecule has 1 heterocycles. The number of rotatable bonds is 5. The summed E-state index contributed by atoms with van der Waals surface area (Å²) in [5.74, 6) is 0.390. The highest BCUT2D eigenvalue weighted by Crippen LogP contribution is 2.51. The molecular formula is C18H28N2O3S. The Balaban J connectivity index is 1.82. The Morgan fingerprint density at radius 1 is 1.29 bits per heavy atom. The zero-order valence-electron chi connectivity index (χ0n) is 14.9. The van der Waals surface area contributed by atoms with Crippen LogP contribution in [-0.2, 0) is 16.4 Å². The Kier molecular flexibility index (Phi) is 4.55. The summed E-state index contributed by atoms with van der Waals surface area (Å²) in [7, 11) is -3.13. The number of hydrogen-bond acceptors (Lipinski definition) is 4. The van der Waals surface area contributed by atoms with Crippen LogP contribution in [0.25, 0.3) is 0 Å². The third-order valence-electron chi connectivity index (χ3n) is 5.71. The molecule has 2 N–H and O–H groups in total. The van der Waals surface area contributed by atoms with Crippen LogP contribution in [0, 0.1) is 19.3 Å². The molecule has 0 saturated heterocycles. The van der Waals surface area contributed by atoms with Gasteiger partial charge >= 0.3 is 0 Å². The number of phenols is 1. The van der Waals surface area contributed by atoms with Crippen LogP contribution >= 0.6 is 0 Å². The molecule has 0 bridgehead atoms. The highest BCUT2D eigenvalue weighted by molar-refractivity contribution is 7.88. The van der Waals surface area contributed by atoms with Gasteiger partial charge < -0.3 is 10.0 Å². The summed E-state index contributed by atoms with van der Waals surface area (Å²) in [5, 5.41) is 10.2. The summed E-state index contributed by atoms with van der Waals surface area (Å²) in [6, 6.07) is 1.94. The molecule has 1 saturated carbocycles. The molecular weight excluding hydrogens is 324 g/mol. The zero-order chi connectivity index (χ0) is 17.5. The zero-order valence-corrected chi connectivity index (χ0v) is 15.7. The monoisotopic (exact) mass is 352 g/mol. The van der Waals surface area contributed by atoms with Gasteiger partial charge in [-0.1, -0.05) is 6.42 Å². The fourth-order valence-corrected chi connectivity index (χ4v) is 4.72. The van der Waals surface area contributed by atoms with Crippen LogP contribution in [0.15, 0.2) is 6.07 Å². The molecule has 0 atom stereocenters. The largest absolute Gasteiger partial charge is 0.508 e. The summed E-state index contributed by atoms with van der Waals surface area (Å²) >= 11 is 0. The van der Waals surface area contributed by atoms with Crippen molar-refractivity contribution in [2.45, 2.75) is 46.0 Å². The van der Waals surface area contributed by atoms with Crippen LogP contribution < -0.4 is 9.62 Å². The Hall–Kier alpha value is -1.27. The van der Waals surface area contributed by atoms with Crippen LogP contribution in [0.1, 0.15) is 42.4 Å². The average molecular weight is 353 g/mol. The Morgan fingerprint density at radius 3 is 2.58 bits per heavy atom. The molecule has 5 nitrogen and oxygen atoms in total. The lowest BCUT2D eigenvalue weighted by molar-refractivity contribution is 0.134. The van der Waals surface area contributed by atoms with Crippen LogP contribution in [0.2, 0.25) is 0 Å². The SMILES string of the molecule is Cc1c(O)cc2c(c1C)N(CCCNS(C)(=O)=O)CC1(CCC1)C2. The van der Waals surface area contributed by atoms with E-state index < -0.39 is 10.0 Å². The summed E-state index contributed by atoms with van der Waals surface area (Å²) < 4.78 is 25.0. The number of aromatic hydroxyl groups is 1. The normalized spacial score (nSPS) is 19.2. The Bertz CT molecular complexity index is 739. The molecule has 1 aromatic carbocycles. The van der Waals surface area contributed by atoms with Crippen LogP contribution in [0.5, 0.6) is 5.75 Å². The highest BCUT2D eigenvalue weighted by Gasteiger charge is 2.43. The minimum Gasteiger partial charge on any atom is -0.508 e. The van der Waals surface area contributed by atoms with Crippen molar-refractivity contribution in [3.63, 3.8) is 0 Å². The topological polar surface area (TPSA) is 69.6 Å². The fraction of sp³-hybridized carbons (Fsp3) is 0.667. The maximum Gasteiger partial charge on any atom is 0.208 e. The highest BCUT2D eigenvalue weighted by atomic mass is 32.2. The lowest BCUT2D eigenvalue weighted by Gasteiger charge is -2.51. The minimum absolute atomic E-state index is 0.353. The molecule has 24 heavy (non-hydrogen) atoms. The first-order valence-corrected chi connectivity index (χ1v) is 10.6. The smallest absolute Gasteiger partial charge is 0.208 e. The fourth-order valence-electron chi connectivity index (χ4n) is 4.20. The standard InChI is InChI=1S/C18H28N2O3S/c1-13-14(2)17-15(10-16(13)21)11-18(6-4-7-18)12-20(17)9-5-8-19-24(3,22)23/h10,19,21H,4-9,11-12H2,1-3H3. The molecule has 1 aromatic rings. The third kappa shape index (κ3) is 3.40. The van der Waals surface area contributed by atoms with Crippen molar-refractivity contribution in [3.8, 4) is 5.75 Å². The lowest BCUT2D eigenvalue weighted by Crippen LogP contribution is -2.48. The number of nitrogens with one attached hydrogen (secondary N) is 1. The predicted octanol–water partition coefficient (Wildman–Crippen LogP) is 2.48. The second kappa shape index (κ2) is 6.23.